The fraction of sp³-hybridized carbons (Fsp3) is 0.0556. The number of hydrogen-bond acceptors (Lipinski definition) is 4. The molecule has 0 aromatic heterocycles. The average molecular weight is 344 g/mol. The zero-order valence-corrected chi connectivity index (χ0v) is 13.2. The summed E-state index contributed by atoms with van der Waals surface area (Å²) < 4.78 is 0. The molecule has 6 heteroatoms. The van der Waals surface area contributed by atoms with Gasteiger partial charge >= 0.3 is 5.97 Å². The third kappa shape index (κ3) is 3.36. The normalized spacial score (nSPS) is 10.7. The molecular weight excluding hydrogens is 330 g/mol. The Balaban J connectivity index is 1.87. The molecule has 3 aromatic rings. The van der Waals surface area contributed by atoms with E-state index in [-0.39, 0.29) is 17.1 Å². The number of carbonyl (C=O) groups is 1. The van der Waals surface area contributed by atoms with Gasteiger partial charge in [-0.05, 0) is 46.7 Å². The van der Waals surface area contributed by atoms with Gasteiger partial charge in [0.25, 0.3) is 0 Å². The van der Waals surface area contributed by atoms with Crippen molar-refractivity contribution in [3.05, 3.63) is 64.7 Å². The molecular formula is C18H14ClNO4. The van der Waals surface area contributed by atoms with Crippen molar-refractivity contribution in [2.24, 2.45) is 0 Å². The molecule has 24 heavy (non-hydrogen) atoms. The largest absolute Gasteiger partial charge is 0.508 e. The number of benzene rings is 3. The molecule has 0 atom stereocenters. The zero-order valence-electron chi connectivity index (χ0n) is 12.5. The molecule has 3 rings (SSSR count). The number of carboxylic acids is 1. The van der Waals surface area contributed by atoms with Crippen LogP contribution < -0.4 is 5.32 Å². The predicted molar refractivity (Wildman–Crippen MR) is 93.0 cm³/mol. The molecule has 0 radical (unpaired) electrons. The lowest BCUT2D eigenvalue weighted by atomic mass is 10.0. The van der Waals surface area contributed by atoms with Crippen molar-refractivity contribution in [1.82, 2.24) is 0 Å². The Hall–Kier alpha value is -2.92. The van der Waals surface area contributed by atoms with Crippen molar-refractivity contribution in [2.45, 2.75) is 6.54 Å². The number of aromatic carboxylic acids is 1. The van der Waals surface area contributed by atoms with E-state index in [1.807, 2.05) is 18.2 Å². The Kier molecular flexibility index (Phi) is 4.18. The molecule has 0 spiro atoms. The van der Waals surface area contributed by atoms with Crippen LogP contribution in [0.4, 0.5) is 5.69 Å². The lowest BCUT2D eigenvalue weighted by Gasteiger charge is -2.09. The maximum absolute atomic E-state index is 11.1. The standard InChI is InChI=1S/C18H14ClNO4/c19-13-6-14(8-15(21)7-13)20-9-10-1-2-11-5-17(22)16(18(23)24)4-12(11)3-10/h1-8,20-22H,9H2,(H,23,24). The number of carboxylic acid groups (broad SMARTS) is 1. The molecule has 0 aliphatic carbocycles. The number of rotatable bonds is 4. The summed E-state index contributed by atoms with van der Waals surface area (Å²) in [7, 11) is 0. The van der Waals surface area contributed by atoms with Gasteiger partial charge in [0, 0.05) is 23.3 Å². The van der Waals surface area contributed by atoms with Crippen molar-refractivity contribution in [3.8, 4) is 11.5 Å². The van der Waals surface area contributed by atoms with Crippen LogP contribution in [-0.2, 0) is 6.54 Å². The Morgan fingerprint density at radius 1 is 1.00 bits per heavy atom. The van der Waals surface area contributed by atoms with Crippen molar-refractivity contribution < 1.29 is 20.1 Å². The highest BCUT2D eigenvalue weighted by molar-refractivity contribution is 6.31. The second-order valence-corrected chi connectivity index (χ2v) is 5.84. The number of halogens is 1. The third-order valence-corrected chi connectivity index (χ3v) is 3.85. The van der Waals surface area contributed by atoms with Crippen LogP contribution in [0.5, 0.6) is 11.5 Å². The van der Waals surface area contributed by atoms with Crippen LogP contribution in [0.3, 0.4) is 0 Å². The van der Waals surface area contributed by atoms with Crippen LogP contribution in [0, 0.1) is 0 Å². The number of phenolic OH excluding ortho intramolecular Hbond substituents is 1. The maximum Gasteiger partial charge on any atom is 0.339 e. The summed E-state index contributed by atoms with van der Waals surface area (Å²) in [5.74, 6) is -1.35. The fourth-order valence-electron chi connectivity index (χ4n) is 2.50. The number of phenols is 2. The summed E-state index contributed by atoms with van der Waals surface area (Å²) >= 11 is 5.89. The molecule has 4 N–H and O–H groups in total. The van der Waals surface area contributed by atoms with Crippen LogP contribution in [0.15, 0.2) is 48.5 Å². The van der Waals surface area contributed by atoms with E-state index < -0.39 is 5.97 Å². The first-order chi connectivity index (χ1) is 11.4. The minimum absolute atomic E-state index is 0.0742. The Bertz CT molecular complexity index is 919. The van der Waals surface area contributed by atoms with E-state index in [0.29, 0.717) is 17.3 Å². The molecule has 0 saturated heterocycles. The van der Waals surface area contributed by atoms with Gasteiger partial charge in [-0.25, -0.2) is 4.79 Å². The molecule has 0 aliphatic heterocycles. The number of hydrogen-bond donors (Lipinski definition) is 4. The van der Waals surface area contributed by atoms with E-state index in [1.165, 1.54) is 18.2 Å². The molecule has 0 fully saturated rings. The van der Waals surface area contributed by atoms with Gasteiger partial charge in [0.05, 0.1) is 0 Å². The molecule has 5 nitrogen and oxygen atoms in total. The van der Waals surface area contributed by atoms with Crippen molar-refractivity contribution >= 4 is 34.0 Å². The zero-order chi connectivity index (χ0) is 17.3. The maximum atomic E-state index is 11.1. The second kappa shape index (κ2) is 6.29. The van der Waals surface area contributed by atoms with E-state index in [4.69, 9.17) is 16.7 Å². The number of aromatic hydroxyl groups is 2. The first-order valence-corrected chi connectivity index (χ1v) is 7.52. The molecule has 3 aromatic carbocycles. The van der Waals surface area contributed by atoms with E-state index >= 15 is 0 Å². The Morgan fingerprint density at radius 3 is 2.50 bits per heavy atom. The quantitative estimate of drug-likeness (QED) is 0.569. The van der Waals surface area contributed by atoms with Crippen LogP contribution >= 0.6 is 11.6 Å². The van der Waals surface area contributed by atoms with Crippen molar-refractivity contribution in [3.63, 3.8) is 0 Å². The molecule has 0 saturated carbocycles. The number of fused-ring (bicyclic) bond motifs is 1. The van der Waals surface area contributed by atoms with E-state index in [0.717, 1.165) is 16.3 Å². The van der Waals surface area contributed by atoms with Gasteiger partial charge in [-0.1, -0.05) is 23.7 Å². The lowest BCUT2D eigenvalue weighted by molar-refractivity contribution is 0.0694. The number of nitrogens with one attached hydrogen (secondary N) is 1. The van der Waals surface area contributed by atoms with Gasteiger partial charge in [0.15, 0.2) is 0 Å². The molecule has 0 heterocycles. The van der Waals surface area contributed by atoms with Crippen LogP contribution in [-0.4, -0.2) is 21.3 Å². The summed E-state index contributed by atoms with van der Waals surface area (Å²) in [4.78, 5) is 11.1. The van der Waals surface area contributed by atoms with Gasteiger partial charge in [0.1, 0.15) is 17.1 Å². The minimum atomic E-state index is -1.17. The van der Waals surface area contributed by atoms with Gasteiger partial charge in [0.2, 0.25) is 0 Å². The van der Waals surface area contributed by atoms with Gasteiger partial charge < -0.3 is 20.6 Å². The fourth-order valence-corrected chi connectivity index (χ4v) is 2.73. The highest BCUT2D eigenvalue weighted by atomic mass is 35.5. The summed E-state index contributed by atoms with van der Waals surface area (Å²) in [6, 6.07) is 13.1. The van der Waals surface area contributed by atoms with E-state index in [1.54, 1.807) is 12.1 Å². The van der Waals surface area contributed by atoms with Crippen LogP contribution in [0.2, 0.25) is 5.02 Å². The smallest absolute Gasteiger partial charge is 0.339 e. The molecule has 0 unspecified atom stereocenters. The molecule has 0 amide bonds. The topological polar surface area (TPSA) is 89.8 Å². The molecule has 122 valence electrons. The highest BCUT2D eigenvalue weighted by Crippen LogP contribution is 2.27. The Morgan fingerprint density at radius 2 is 1.79 bits per heavy atom. The van der Waals surface area contributed by atoms with Crippen molar-refractivity contribution in [1.29, 1.82) is 0 Å². The average Bonchev–Trinajstić information content (AvgIpc) is 2.51. The minimum Gasteiger partial charge on any atom is -0.508 e. The third-order valence-electron chi connectivity index (χ3n) is 3.63. The van der Waals surface area contributed by atoms with Crippen LogP contribution in [0.25, 0.3) is 10.8 Å². The Labute approximate surface area is 142 Å². The summed E-state index contributed by atoms with van der Waals surface area (Å²) in [6.07, 6.45) is 0. The van der Waals surface area contributed by atoms with Crippen molar-refractivity contribution in [2.75, 3.05) is 5.32 Å². The first kappa shape index (κ1) is 16.0. The monoisotopic (exact) mass is 343 g/mol. The predicted octanol–water partition coefficient (Wildman–Crippen LogP) is 4.21. The van der Waals surface area contributed by atoms with Gasteiger partial charge in [-0.3, -0.25) is 0 Å². The number of anilines is 1. The van der Waals surface area contributed by atoms with Gasteiger partial charge in [-0.15, -0.1) is 0 Å². The summed E-state index contributed by atoms with van der Waals surface area (Å²) in [5, 5.41) is 33.4. The van der Waals surface area contributed by atoms with E-state index in [2.05, 4.69) is 5.32 Å². The SMILES string of the molecule is O=C(O)c1cc2cc(CNc3cc(O)cc(Cl)c3)ccc2cc1O. The van der Waals surface area contributed by atoms with Gasteiger partial charge in [-0.2, -0.15) is 0 Å². The highest BCUT2D eigenvalue weighted by Gasteiger charge is 2.11. The van der Waals surface area contributed by atoms with Crippen LogP contribution in [0.1, 0.15) is 15.9 Å². The summed E-state index contributed by atoms with van der Waals surface area (Å²) in [5.41, 5.74) is 1.47. The first-order valence-electron chi connectivity index (χ1n) is 7.15. The summed E-state index contributed by atoms with van der Waals surface area (Å²) in [6.45, 7) is 0.471. The second-order valence-electron chi connectivity index (χ2n) is 5.41. The lowest BCUT2D eigenvalue weighted by Crippen LogP contribution is -2.00. The molecule has 0 bridgehead atoms. The molecule has 0 aliphatic rings. The van der Waals surface area contributed by atoms with E-state index in [9.17, 15) is 15.0 Å².